The van der Waals surface area contributed by atoms with Gasteiger partial charge in [0.2, 0.25) is 11.8 Å². The number of piperazine rings is 1. The number of amides is 3. The highest BCUT2D eigenvalue weighted by Crippen LogP contribution is 2.19. The van der Waals surface area contributed by atoms with Crippen LogP contribution in [0.25, 0.3) is 0 Å². The molecule has 1 aromatic rings. The van der Waals surface area contributed by atoms with Crippen molar-refractivity contribution >= 4 is 33.6 Å². The van der Waals surface area contributed by atoms with E-state index in [1.54, 1.807) is 43.0 Å². The molecule has 11 heteroatoms. The number of nitrogens with zero attached hydrogens (tertiary/aromatic N) is 4. The first-order chi connectivity index (χ1) is 14.3. The van der Waals surface area contributed by atoms with Crippen LogP contribution in [0.5, 0.6) is 0 Å². The first-order valence-electron chi connectivity index (χ1n) is 10.0. The Morgan fingerprint density at radius 3 is 2.17 bits per heavy atom. The van der Waals surface area contributed by atoms with Crippen molar-refractivity contribution in [1.29, 1.82) is 0 Å². The molecule has 10 nitrogen and oxygen atoms in total. The molecule has 3 rings (SSSR count). The molecule has 30 heavy (non-hydrogen) atoms. The third-order valence-corrected chi connectivity index (χ3v) is 7.49. The molecule has 2 fully saturated rings. The summed E-state index contributed by atoms with van der Waals surface area (Å²) in [4.78, 5) is 38.0. The molecule has 0 radical (unpaired) electrons. The molecular weight excluding hydrogens is 410 g/mol. The lowest BCUT2D eigenvalue weighted by Crippen LogP contribution is -2.54. The third-order valence-electron chi connectivity index (χ3n) is 5.31. The maximum Gasteiger partial charge on any atom is 0.282 e. The van der Waals surface area contributed by atoms with E-state index in [0.717, 1.165) is 0 Å². The van der Waals surface area contributed by atoms with Gasteiger partial charge in [0.1, 0.15) is 0 Å². The van der Waals surface area contributed by atoms with Gasteiger partial charge in [-0.1, -0.05) is 13.8 Å². The summed E-state index contributed by atoms with van der Waals surface area (Å²) in [5, 5.41) is 1.19. The summed E-state index contributed by atoms with van der Waals surface area (Å²) in [6.45, 7) is 5.52. The van der Waals surface area contributed by atoms with E-state index in [2.05, 4.69) is 5.43 Å². The van der Waals surface area contributed by atoms with Crippen molar-refractivity contribution in [3.05, 3.63) is 29.8 Å². The molecule has 0 aliphatic carbocycles. The first kappa shape index (κ1) is 22.2. The van der Waals surface area contributed by atoms with E-state index in [9.17, 15) is 22.8 Å². The molecule has 3 amide bonds. The van der Waals surface area contributed by atoms with Crippen LogP contribution in [0.2, 0.25) is 0 Å². The van der Waals surface area contributed by atoms with Gasteiger partial charge in [-0.25, -0.2) is 5.01 Å². The lowest BCUT2D eigenvalue weighted by Gasteiger charge is -2.36. The lowest BCUT2D eigenvalue weighted by molar-refractivity contribution is -0.130. The quantitative estimate of drug-likeness (QED) is 0.683. The summed E-state index contributed by atoms with van der Waals surface area (Å²) < 4.78 is 28.1. The Labute approximate surface area is 176 Å². The molecule has 2 aliphatic rings. The van der Waals surface area contributed by atoms with Gasteiger partial charge in [-0.05, 0) is 24.3 Å². The van der Waals surface area contributed by atoms with Crippen LogP contribution in [0.15, 0.2) is 24.3 Å². The number of rotatable bonds is 6. The zero-order chi connectivity index (χ0) is 21.9. The Balaban J connectivity index is 1.63. The summed E-state index contributed by atoms with van der Waals surface area (Å²) in [7, 11) is -3.51. The first-order valence-corrected chi connectivity index (χ1v) is 11.4. The van der Waals surface area contributed by atoms with Crippen LogP contribution in [0.1, 0.15) is 37.0 Å². The zero-order valence-corrected chi connectivity index (χ0v) is 18.0. The molecule has 1 N–H and O–H groups in total. The van der Waals surface area contributed by atoms with E-state index < -0.39 is 10.2 Å². The van der Waals surface area contributed by atoms with E-state index in [0.29, 0.717) is 37.4 Å². The molecule has 2 aliphatic heterocycles. The molecule has 0 atom stereocenters. The van der Waals surface area contributed by atoms with Crippen LogP contribution in [-0.2, 0) is 19.8 Å². The van der Waals surface area contributed by atoms with E-state index in [1.807, 2.05) is 0 Å². The molecule has 2 heterocycles. The summed E-state index contributed by atoms with van der Waals surface area (Å²) in [5.41, 5.74) is 3.44. The molecule has 164 valence electrons. The second-order valence-electron chi connectivity index (χ2n) is 7.09. The van der Waals surface area contributed by atoms with E-state index in [4.69, 9.17) is 0 Å². The van der Waals surface area contributed by atoms with Crippen LogP contribution in [0.4, 0.5) is 5.69 Å². The maximum absolute atomic E-state index is 12.8. The maximum atomic E-state index is 12.8. The third kappa shape index (κ3) is 4.47. The smallest absolute Gasteiger partial charge is 0.282 e. The van der Waals surface area contributed by atoms with Gasteiger partial charge < -0.3 is 4.90 Å². The second-order valence-corrected chi connectivity index (χ2v) is 9.02. The Kier molecular flexibility index (Phi) is 6.74. The Hall–Kier alpha value is -2.50. The van der Waals surface area contributed by atoms with E-state index in [1.165, 1.54) is 13.6 Å². The van der Waals surface area contributed by atoms with Gasteiger partial charge in [0.25, 0.3) is 16.1 Å². The molecule has 1 aromatic carbocycles. The van der Waals surface area contributed by atoms with Gasteiger partial charge in [-0.3, -0.25) is 19.8 Å². The average Bonchev–Trinajstić information content (AvgIpc) is 2.76. The van der Waals surface area contributed by atoms with Gasteiger partial charge in [0, 0.05) is 57.7 Å². The molecule has 0 unspecified atom stereocenters. The number of carbonyl (C=O) groups excluding carboxylic acids is 3. The lowest BCUT2D eigenvalue weighted by atomic mass is 10.1. The minimum absolute atomic E-state index is 0.146. The fourth-order valence-electron chi connectivity index (χ4n) is 3.55. The fraction of sp³-hybridized carbons (Fsp3) is 0.526. The summed E-state index contributed by atoms with van der Waals surface area (Å²) in [6.07, 6.45) is 0.315. The van der Waals surface area contributed by atoms with Crippen molar-refractivity contribution in [3.8, 4) is 0 Å². The van der Waals surface area contributed by atoms with Crippen molar-refractivity contribution in [2.24, 2.45) is 0 Å². The van der Waals surface area contributed by atoms with Crippen LogP contribution < -0.4 is 10.4 Å². The molecule has 0 saturated carbocycles. The predicted octanol–water partition coefficient (Wildman–Crippen LogP) is 0.189. The fourth-order valence-corrected chi connectivity index (χ4v) is 5.16. The number of anilines is 1. The zero-order valence-electron chi connectivity index (χ0n) is 17.2. The second kappa shape index (κ2) is 9.11. The van der Waals surface area contributed by atoms with Crippen molar-refractivity contribution in [2.75, 3.05) is 44.3 Å². The summed E-state index contributed by atoms with van der Waals surface area (Å²) in [5.74, 6) is -0.637. The molecule has 0 spiro atoms. The van der Waals surface area contributed by atoms with Gasteiger partial charge in [0.15, 0.2) is 0 Å². The number of nitrogens with one attached hydrogen (secondary N) is 1. The minimum atomic E-state index is -3.51. The van der Waals surface area contributed by atoms with Gasteiger partial charge in [-0.2, -0.15) is 17.0 Å². The monoisotopic (exact) mass is 437 g/mol. The van der Waals surface area contributed by atoms with Gasteiger partial charge in [0.05, 0.1) is 5.69 Å². The van der Waals surface area contributed by atoms with E-state index in [-0.39, 0.29) is 43.7 Å². The standard InChI is InChI=1S/C19H27N5O5S/c1-3-22(4-2)30(28,29)23-13-11-21(12-14-23)19(27)15-5-7-16(8-6-15)24-18(26)10-9-17(25)20-24/h5-8H,3-4,9-14H2,1-2H3,(H,20,25). The highest BCUT2D eigenvalue weighted by atomic mass is 32.2. The number of carbonyl (C=O) groups is 3. The average molecular weight is 438 g/mol. The topological polar surface area (TPSA) is 110 Å². The van der Waals surface area contributed by atoms with Gasteiger partial charge in [-0.15, -0.1) is 0 Å². The van der Waals surface area contributed by atoms with Crippen molar-refractivity contribution in [2.45, 2.75) is 26.7 Å². The molecule has 2 saturated heterocycles. The minimum Gasteiger partial charge on any atom is -0.336 e. The highest BCUT2D eigenvalue weighted by Gasteiger charge is 2.32. The largest absolute Gasteiger partial charge is 0.336 e. The highest BCUT2D eigenvalue weighted by molar-refractivity contribution is 7.86. The summed E-state index contributed by atoms with van der Waals surface area (Å²) in [6, 6.07) is 6.42. The number of benzene rings is 1. The molecule has 0 aromatic heterocycles. The van der Waals surface area contributed by atoms with Gasteiger partial charge >= 0.3 is 0 Å². The Morgan fingerprint density at radius 2 is 1.60 bits per heavy atom. The van der Waals surface area contributed by atoms with Crippen LogP contribution in [0.3, 0.4) is 0 Å². The number of hydrazine groups is 1. The number of hydrogen-bond donors (Lipinski definition) is 1. The number of hydrogen-bond acceptors (Lipinski definition) is 5. The van der Waals surface area contributed by atoms with Crippen molar-refractivity contribution in [3.63, 3.8) is 0 Å². The SMILES string of the molecule is CCN(CC)S(=O)(=O)N1CCN(C(=O)c2ccc(N3NC(=O)CCC3=O)cc2)CC1. The summed E-state index contributed by atoms with van der Waals surface area (Å²) >= 11 is 0. The Morgan fingerprint density at radius 1 is 1.00 bits per heavy atom. The van der Waals surface area contributed by atoms with Crippen molar-refractivity contribution in [1.82, 2.24) is 18.9 Å². The molecule has 0 bridgehead atoms. The normalized spacial score (nSPS) is 18.6. The van der Waals surface area contributed by atoms with Crippen LogP contribution in [0, 0.1) is 0 Å². The van der Waals surface area contributed by atoms with Crippen LogP contribution in [-0.4, -0.2) is 78.9 Å². The molecular formula is C19H27N5O5S. The van der Waals surface area contributed by atoms with Crippen molar-refractivity contribution < 1.29 is 22.8 Å². The predicted molar refractivity (Wildman–Crippen MR) is 111 cm³/mol. The van der Waals surface area contributed by atoms with E-state index >= 15 is 0 Å². The Bertz CT molecular complexity index is 906. The van der Waals surface area contributed by atoms with Crippen LogP contribution >= 0.6 is 0 Å².